The first-order chi connectivity index (χ1) is 5.54. The molecule has 0 saturated heterocycles. The van der Waals surface area contributed by atoms with Gasteiger partial charge in [-0.2, -0.15) is 0 Å². The highest BCUT2D eigenvalue weighted by Gasteiger charge is 2.04. The highest BCUT2D eigenvalue weighted by molar-refractivity contribution is 6.35. The highest BCUT2D eigenvalue weighted by Crippen LogP contribution is 2.01. The molecule has 3 heteroatoms. The Kier molecular flexibility index (Phi) is 5.34. The van der Waals surface area contributed by atoms with Crippen LogP contribution in [0.1, 0.15) is 33.6 Å². The molecule has 0 aromatic carbocycles. The molecule has 1 amide bonds. The quantitative estimate of drug-likeness (QED) is 0.498. The monoisotopic (exact) mass is 171 g/mol. The van der Waals surface area contributed by atoms with Gasteiger partial charge in [0.2, 0.25) is 5.78 Å². The Hall–Kier alpha value is -0.860. The molecule has 0 radical (unpaired) electrons. The van der Waals surface area contributed by atoms with Gasteiger partial charge in [-0.1, -0.05) is 13.8 Å². The Morgan fingerprint density at radius 1 is 1.33 bits per heavy atom. The van der Waals surface area contributed by atoms with Crippen LogP contribution >= 0.6 is 0 Å². The van der Waals surface area contributed by atoms with E-state index in [1.165, 1.54) is 6.92 Å². The van der Waals surface area contributed by atoms with E-state index in [0.29, 0.717) is 12.5 Å². The number of hydrogen-bond donors (Lipinski definition) is 1. The van der Waals surface area contributed by atoms with Crippen LogP contribution in [-0.2, 0) is 9.59 Å². The zero-order valence-electron chi connectivity index (χ0n) is 8.02. The summed E-state index contributed by atoms with van der Waals surface area (Å²) in [6.07, 6.45) is 2.02. The van der Waals surface area contributed by atoms with Crippen molar-refractivity contribution in [3.8, 4) is 0 Å². The van der Waals surface area contributed by atoms with Gasteiger partial charge in [-0.25, -0.2) is 0 Å². The van der Waals surface area contributed by atoms with E-state index in [4.69, 9.17) is 0 Å². The van der Waals surface area contributed by atoms with Crippen molar-refractivity contribution in [2.24, 2.45) is 5.92 Å². The largest absolute Gasteiger partial charge is 0.350 e. The van der Waals surface area contributed by atoms with Crippen molar-refractivity contribution < 1.29 is 9.59 Å². The molecular weight excluding hydrogens is 154 g/mol. The molecule has 0 aliphatic heterocycles. The Balaban J connectivity index is 3.32. The summed E-state index contributed by atoms with van der Waals surface area (Å²) in [6, 6.07) is 0. The number of carbonyl (C=O) groups is 2. The van der Waals surface area contributed by atoms with Crippen LogP contribution in [0.2, 0.25) is 0 Å². The molecule has 0 unspecified atom stereocenters. The number of amides is 1. The standard InChI is InChI=1S/C9H17NO2/c1-7(2)5-4-6-10-9(12)8(3)11/h7H,4-6H2,1-3H3,(H,10,12). The van der Waals surface area contributed by atoms with Gasteiger partial charge in [0.15, 0.2) is 0 Å². The molecule has 0 heterocycles. The van der Waals surface area contributed by atoms with Crippen molar-refractivity contribution in [3.63, 3.8) is 0 Å². The molecule has 1 N–H and O–H groups in total. The second-order valence-corrected chi connectivity index (χ2v) is 3.35. The molecule has 0 aliphatic carbocycles. The van der Waals surface area contributed by atoms with E-state index in [0.717, 1.165) is 12.8 Å². The van der Waals surface area contributed by atoms with E-state index in [2.05, 4.69) is 19.2 Å². The molecule has 0 atom stereocenters. The Bertz CT molecular complexity index is 164. The number of hydrogen-bond acceptors (Lipinski definition) is 2. The van der Waals surface area contributed by atoms with Crippen molar-refractivity contribution in [2.75, 3.05) is 6.54 Å². The van der Waals surface area contributed by atoms with E-state index >= 15 is 0 Å². The van der Waals surface area contributed by atoms with Crippen molar-refractivity contribution in [1.29, 1.82) is 0 Å². The van der Waals surface area contributed by atoms with Gasteiger partial charge in [0.25, 0.3) is 5.91 Å². The maximum atomic E-state index is 10.7. The summed E-state index contributed by atoms with van der Waals surface area (Å²) in [6.45, 7) is 6.15. The Morgan fingerprint density at radius 3 is 2.33 bits per heavy atom. The fraction of sp³-hybridized carbons (Fsp3) is 0.778. The second kappa shape index (κ2) is 5.75. The van der Waals surface area contributed by atoms with Crippen molar-refractivity contribution in [3.05, 3.63) is 0 Å². The van der Waals surface area contributed by atoms with Gasteiger partial charge < -0.3 is 5.32 Å². The molecule has 0 fully saturated rings. The number of carbonyl (C=O) groups excluding carboxylic acids is 2. The van der Waals surface area contributed by atoms with E-state index < -0.39 is 11.7 Å². The minimum atomic E-state index is -0.473. The average molecular weight is 171 g/mol. The summed E-state index contributed by atoms with van der Waals surface area (Å²) in [5, 5.41) is 2.55. The van der Waals surface area contributed by atoms with Crippen LogP contribution in [0.5, 0.6) is 0 Å². The number of ketones is 1. The lowest BCUT2D eigenvalue weighted by Crippen LogP contribution is -2.30. The first-order valence-electron chi connectivity index (χ1n) is 4.32. The van der Waals surface area contributed by atoms with Crippen molar-refractivity contribution in [1.82, 2.24) is 5.32 Å². The topological polar surface area (TPSA) is 46.2 Å². The molecule has 0 aliphatic rings. The van der Waals surface area contributed by atoms with Gasteiger partial charge in [-0.15, -0.1) is 0 Å². The molecule has 0 rings (SSSR count). The maximum Gasteiger partial charge on any atom is 0.287 e. The molecule has 0 bridgehead atoms. The van der Waals surface area contributed by atoms with Gasteiger partial charge in [0, 0.05) is 13.5 Å². The molecule has 12 heavy (non-hydrogen) atoms. The first kappa shape index (κ1) is 11.1. The molecule has 0 aromatic rings. The van der Waals surface area contributed by atoms with Crippen LogP contribution in [0.3, 0.4) is 0 Å². The lowest BCUT2D eigenvalue weighted by atomic mass is 10.1. The van der Waals surface area contributed by atoms with E-state index in [-0.39, 0.29) is 0 Å². The van der Waals surface area contributed by atoms with Gasteiger partial charge in [-0.05, 0) is 18.8 Å². The smallest absolute Gasteiger partial charge is 0.287 e. The maximum absolute atomic E-state index is 10.7. The van der Waals surface area contributed by atoms with Crippen molar-refractivity contribution >= 4 is 11.7 Å². The molecule has 0 saturated carbocycles. The second-order valence-electron chi connectivity index (χ2n) is 3.35. The Morgan fingerprint density at radius 2 is 1.92 bits per heavy atom. The van der Waals surface area contributed by atoms with Gasteiger partial charge in [-0.3, -0.25) is 9.59 Å². The van der Waals surface area contributed by atoms with Crippen LogP contribution in [-0.4, -0.2) is 18.2 Å². The SMILES string of the molecule is CC(=O)C(=O)NCCCC(C)C. The van der Waals surface area contributed by atoms with Crippen LogP contribution in [0.15, 0.2) is 0 Å². The van der Waals surface area contributed by atoms with Gasteiger partial charge in [0.1, 0.15) is 0 Å². The van der Waals surface area contributed by atoms with E-state index in [1.807, 2.05) is 0 Å². The van der Waals surface area contributed by atoms with Crippen LogP contribution in [0, 0.1) is 5.92 Å². The third-order valence-corrected chi connectivity index (χ3v) is 1.56. The highest BCUT2D eigenvalue weighted by atomic mass is 16.2. The Labute approximate surface area is 73.5 Å². The molecule has 3 nitrogen and oxygen atoms in total. The molecular formula is C9H17NO2. The minimum Gasteiger partial charge on any atom is -0.350 e. The summed E-state index contributed by atoms with van der Waals surface area (Å²) in [7, 11) is 0. The fourth-order valence-corrected chi connectivity index (χ4v) is 0.837. The van der Waals surface area contributed by atoms with E-state index in [1.54, 1.807) is 0 Å². The third-order valence-electron chi connectivity index (χ3n) is 1.56. The third kappa shape index (κ3) is 5.89. The van der Waals surface area contributed by atoms with Crippen LogP contribution in [0.25, 0.3) is 0 Å². The lowest BCUT2D eigenvalue weighted by molar-refractivity contribution is -0.136. The summed E-state index contributed by atoms with van der Waals surface area (Å²) < 4.78 is 0. The lowest BCUT2D eigenvalue weighted by Gasteiger charge is -2.04. The van der Waals surface area contributed by atoms with Crippen LogP contribution < -0.4 is 5.32 Å². The summed E-state index contributed by atoms with van der Waals surface area (Å²) in [5.74, 6) is -0.238. The summed E-state index contributed by atoms with van der Waals surface area (Å²) in [5.41, 5.74) is 0. The summed E-state index contributed by atoms with van der Waals surface area (Å²) in [4.78, 5) is 21.2. The zero-order chi connectivity index (χ0) is 9.56. The number of nitrogens with one attached hydrogen (secondary N) is 1. The first-order valence-corrected chi connectivity index (χ1v) is 4.32. The zero-order valence-corrected chi connectivity index (χ0v) is 8.02. The van der Waals surface area contributed by atoms with E-state index in [9.17, 15) is 9.59 Å². The molecule has 0 aromatic heterocycles. The van der Waals surface area contributed by atoms with Gasteiger partial charge >= 0.3 is 0 Å². The minimum absolute atomic E-state index is 0.417. The molecule has 0 spiro atoms. The molecule has 70 valence electrons. The van der Waals surface area contributed by atoms with Crippen molar-refractivity contribution in [2.45, 2.75) is 33.6 Å². The number of rotatable bonds is 5. The predicted octanol–water partition coefficient (Wildman–Crippen LogP) is 1.13. The average Bonchev–Trinajstić information content (AvgIpc) is 1.97. The van der Waals surface area contributed by atoms with Crippen LogP contribution in [0.4, 0.5) is 0 Å². The number of Topliss-reactive ketones (excluding diaryl/α,β-unsaturated/α-hetero) is 1. The predicted molar refractivity (Wildman–Crippen MR) is 47.8 cm³/mol. The normalized spacial score (nSPS) is 10.0. The van der Waals surface area contributed by atoms with Gasteiger partial charge in [0.05, 0.1) is 0 Å². The fourth-order valence-electron chi connectivity index (χ4n) is 0.837. The summed E-state index contributed by atoms with van der Waals surface area (Å²) >= 11 is 0.